The van der Waals surface area contributed by atoms with Crippen molar-refractivity contribution in [2.45, 2.75) is 50.9 Å². The maximum absolute atomic E-state index is 13.0. The summed E-state index contributed by atoms with van der Waals surface area (Å²) in [6.07, 6.45) is 0.834. The van der Waals surface area contributed by atoms with Gasteiger partial charge in [-0.3, -0.25) is 4.90 Å². The van der Waals surface area contributed by atoms with Crippen LogP contribution in [0.4, 0.5) is 10.5 Å². The first-order chi connectivity index (χ1) is 15.4. The van der Waals surface area contributed by atoms with Crippen molar-refractivity contribution in [3.05, 3.63) is 72.3 Å². The Morgan fingerprint density at radius 3 is 2.69 bits per heavy atom. The summed E-state index contributed by atoms with van der Waals surface area (Å²) in [5.41, 5.74) is 2.41. The van der Waals surface area contributed by atoms with E-state index in [0.29, 0.717) is 18.0 Å². The Bertz CT molecular complexity index is 989. The Hall–Kier alpha value is -3.16. The number of benzene rings is 2. The lowest BCUT2D eigenvalue weighted by Crippen LogP contribution is -2.53. The van der Waals surface area contributed by atoms with Crippen LogP contribution in [-0.4, -0.2) is 36.9 Å². The number of rotatable bonds is 7. The molecule has 0 bridgehead atoms. The Morgan fingerprint density at radius 2 is 1.97 bits per heavy atom. The Balaban J connectivity index is 1.70. The minimum atomic E-state index is -0.865. The van der Waals surface area contributed by atoms with Gasteiger partial charge in [-0.1, -0.05) is 43.0 Å². The Kier molecular flexibility index (Phi) is 6.30. The molecular formula is C25H27NO6. The molecule has 0 radical (unpaired) electrons. The van der Waals surface area contributed by atoms with Crippen molar-refractivity contribution in [2.24, 2.45) is 0 Å². The molecule has 2 aromatic carbocycles. The highest BCUT2D eigenvalue weighted by Crippen LogP contribution is 2.49. The van der Waals surface area contributed by atoms with Crippen molar-refractivity contribution in [1.29, 1.82) is 0 Å². The minimum absolute atomic E-state index is 0.0632. The topological polar surface area (TPSA) is 74.3 Å². The molecule has 2 heterocycles. The molecule has 7 heteroatoms. The molecule has 0 aromatic heterocycles. The first-order valence-electron chi connectivity index (χ1n) is 10.6. The molecule has 0 spiro atoms. The van der Waals surface area contributed by atoms with Gasteiger partial charge in [0.1, 0.15) is 37.5 Å². The molecule has 32 heavy (non-hydrogen) atoms. The molecule has 1 fully saturated rings. The predicted molar refractivity (Wildman–Crippen MR) is 118 cm³/mol. The molecular weight excluding hydrogens is 410 g/mol. The number of hydrogen-bond acceptors (Lipinski definition) is 6. The van der Waals surface area contributed by atoms with Gasteiger partial charge in [0.25, 0.3) is 0 Å². The number of carbonyl (C=O) groups is 2. The van der Waals surface area contributed by atoms with Crippen LogP contribution in [0.25, 0.3) is 0 Å². The van der Waals surface area contributed by atoms with Crippen molar-refractivity contribution in [3.8, 4) is 5.75 Å². The van der Waals surface area contributed by atoms with E-state index in [1.54, 1.807) is 12.1 Å². The zero-order valence-corrected chi connectivity index (χ0v) is 18.2. The summed E-state index contributed by atoms with van der Waals surface area (Å²) in [6, 6.07) is 14.8. The maximum atomic E-state index is 13.0. The lowest BCUT2D eigenvalue weighted by molar-refractivity contribution is -0.148. The van der Waals surface area contributed by atoms with Crippen LogP contribution in [0, 0.1) is 0 Å². The fourth-order valence-corrected chi connectivity index (χ4v) is 4.22. The van der Waals surface area contributed by atoms with E-state index in [0.717, 1.165) is 17.4 Å². The SMILES string of the molecule is C=CCOC(=O)N1c2ccc(OCc3ccccc3)cc2[C@@H]2OC(C)(C)O[C@H]2[C@@H]1CC=O. The van der Waals surface area contributed by atoms with Gasteiger partial charge in [-0.05, 0) is 37.6 Å². The van der Waals surface area contributed by atoms with Gasteiger partial charge in [0, 0.05) is 12.0 Å². The molecule has 2 aliphatic rings. The average Bonchev–Trinajstić information content (AvgIpc) is 3.12. The smallest absolute Gasteiger partial charge is 0.414 e. The third-order valence-corrected chi connectivity index (χ3v) is 5.51. The van der Waals surface area contributed by atoms with Crippen LogP contribution in [-0.2, 0) is 25.6 Å². The largest absolute Gasteiger partial charge is 0.489 e. The quantitative estimate of drug-likeness (QED) is 0.467. The molecule has 0 unspecified atom stereocenters. The molecule has 0 aliphatic carbocycles. The number of nitrogens with zero attached hydrogens (tertiary/aromatic N) is 1. The van der Waals surface area contributed by atoms with Crippen LogP contribution in [0.3, 0.4) is 0 Å². The zero-order valence-electron chi connectivity index (χ0n) is 18.2. The lowest BCUT2D eigenvalue weighted by atomic mass is 9.89. The predicted octanol–water partition coefficient (Wildman–Crippen LogP) is 4.56. The summed E-state index contributed by atoms with van der Waals surface area (Å²) in [5.74, 6) is -0.219. The van der Waals surface area contributed by atoms with E-state index in [9.17, 15) is 9.59 Å². The average molecular weight is 437 g/mol. The molecule has 7 nitrogen and oxygen atoms in total. The minimum Gasteiger partial charge on any atom is -0.489 e. The Labute approximate surface area is 187 Å². The van der Waals surface area contributed by atoms with Gasteiger partial charge in [-0.2, -0.15) is 0 Å². The third kappa shape index (κ3) is 4.40. The number of carbonyl (C=O) groups excluding carboxylic acids is 2. The van der Waals surface area contributed by atoms with E-state index in [4.69, 9.17) is 18.9 Å². The number of ether oxygens (including phenoxy) is 4. The standard InChI is InChI=1S/C25H27NO6/c1-4-14-29-24(28)26-20-11-10-18(30-16-17-8-6-5-7-9-17)15-19(20)22-23(21(26)12-13-27)32-25(2,3)31-22/h4-11,13,15,21-23H,1,12,14,16H2,2-3H3/t21-,22-,23-/m0/s1. The number of fused-ring (bicyclic) bond motifs is 3. The second-order valence-corrected chi connectivity index (χ2v) is 8.22. The monoisotopic (exact) mass is 437 g/mol. The first-order valence-corrected chi connectivity index (χ1v) is 10.6. The highest BCUT2D eigenvalue weighted by Gasteiger charge is 2.53. The van der Waals surface area contributed by atoms with Crippen LogP contribution in [0.5, 0.6) is 5.75 Å². The fourth-order valence-electron chi connectivity index (χ4n) is 4.22. The molecule has 1 saturated heterocycles. The summed E-state index contributed by atoms with van der Waals surface area (Å²) in [6.45, 7) is 7.71. The van der Waals surface area contributed by atoms with Crippen LogP contribution in [0.2, 0.25) is 0 Å². The van der Waals surface area contributed by atoms with E-state index < -0.39 is 30.1 Å². The summed E-state index contributed by atoms with van der Waals surface area (Å²) in [7, 11) is 0. The van der Waals surface area contributed by atoms with Crippen molar-refractivity contribution in [2.75, 3.05) is 11.5 Å². The Morgan fingerprint density at radius 1 is 1.19 bits per heavy atom. The van der Waals surface area contributed by atoms with Gasteiger partial charge in [-0.25, -0.2) is 4.79 Å². The van der Waals surface area contributed by atoms with Crippen LogP contribution >= 0.6 is 0 Å². The first kappa shape index (κ1) is 22.0. The van der Waals surface area contributed by atoms with Gasteiger partial charge >= 0.3 is 6.09 Å². The lowest BCUT2D eigenvalue weighted by Gasteiger charge is -2.41. The molecule has 0 N–H and O–H groups in total. The number of anilines is 1. The third-order valence-electron chi connectivity index (χ3n) is 5.51. The van der Waals surface area contributed by atoms with Crippen LogP contribution in [0.15, 0.2) is 61.2 Å². The molecule has 168 valence electrons. The molecule has 0 saturated carbocycles. The molecule has 1 amide bonds. The molecule has 2 aromatic rings. The van der Waals surface area contributed by atoms with Gasteiger partial charge in [-0.15, -0.1) is 0 Å². The maximum Gasteiger partial charge on any atom is 0.414 e. The second-order valence-electron chi connectivity index (χ2n) is 8.22. The molecule has 4 rings (SSSR count). The van der Waals surface area contributed by atoms with E-state index in [-0.39, 0.29) is 13.0 Å². The summed E-state index contributed by atoms with van der Waals surface area (Å²) < 4.78 is 23.6. The normalized spacial score (nSPS) is 23.1. The molecule has 3 atom stereocenters. The zero-order chi connectivity index (χ0) is 22.7. The summed E-state index contributed by atoms with van der Waals surface area (Å²) in [5, 5.41) is 0. The van der Waals surface area contributed by atoms with Crippen molar-refractivity contribution >= 4 is 18.1 Å². The van der Waals surface area contributed by atoms with Crippen molar-refractivity contribution in [1.82, 2.24) is 0 Å². The van der Waals surface area contributed by atoms with Crippen molar-refractivity contribution in [3.63, 3.8) is 0 Å². The summed E-state index contributed by atoms with van der Waals surface area (Å²) in [4.78, 5) is 25.9. The van der Waals surface area contributed by atoms with E-state index >= 15 is 0 Å². The highest BCUT2D eigenvalue weighted by atomic mass is 16.8. The number of amides is 1. The van der Waals surface area contributed by atoms with E-state index in [1.165, 1.54) is 11.0 Å². The highest BCUT2D eigenvalue weighted by molar-refractivity contribution is 5.91. The van der Waals surface area contributed by atoms with E-state index in [1.807, 2.05) is 50.2 Å². The van der Waals surface area contributed by atoms with Gasteiger partial charge < -0.3 is 23.7 Å². The fraction of sp³-hybridized carbons (Fsp3) is 0.360. The van der Waals surface area contributed by atoms with Gasteiger partial charge in [0.15, 0.2) is 5.79 Å². The van der Waals surface area contributed by atoms with E-state index in [2.05, 4.69) is 6.58 Å². The van der Waals surface area contributed by atoms with Crippen LogP contribution in [0.1, 0.15) is 37.5 Å². The summed E-state index contributed by atoms with van der Waals surface area (Å²) >= 11 is 0. The van der Waals surface area contributed by atoms with Crippen LogP contribution < -0.4 is 9.64 Å². The molecule has 2 aliphatic heterocycles. The van der Waals surface area contributed by atoms with Crippen molar-refractivity contribution < 1.29 is 28.5 Å². The van der Waals surface area contributed by atoms with Gasteiger partial charge in [0.05, 0.1) is 11.7 Å². The number of hydrogen-bond donors (Lipinski definition) is 0. The number of aldehydes is 1. The van der Waals surface area contributed by atoms with Gasteiger partial charge in [0.2, 0.25) is 0 Å². The second kappa shape index (κ2) is 9.14.